The van der Waals surface area contributed by atoms with Crippen molar-refractivity contribution in [3.63, 3.8) is 0 Å². The van der Waals surface area contributed by atoms with Crippen LogP contribution >= 0.6 is 0 Å². The van der Waals surface area contributed by atoms with Gasteiger partial charge in [0.05, 0.1) is 17.9 Å². The molecule has 1 aromatic heterocycles. The van der Waals surface area contributed by atoms with Gasteiger partial charge in [-0.25, -0.2) is 4.99 Å². The van der Waals surface area contributed by atoms with Crippen LogP contribution in [0.4, 0.5) is 5.69 Å². The SMILES string of the molecule is CCN(CC)C(N)=NCc1ncccc1N(C)C. The lowest BCUT2D eigenvalue weighted by molar-refractivity contribution is 0.458. The van der Waals surface area contributed by atoms with E-state index in [1.165, 1.54) is 0 Å². The molecule has 0 amide bonds. The molecule has 0 fully saturated rings. The van der Waals surface area contributed by atoms with Crippen molar-refractivity contribution in [1.29, 1.82) is 0 Å². The second-order valence-corrected chi connectivity index (χ2v) is 4.21. The van der Waals surface area contributed by atoms with Gasteiger partial charge in [-0.15, -0.1) is 0 Å². The van der Waals surface area contributed by atoms with Gasteiger partial charge < -0.3 is 15.5 Å². The first-order valence-corrected chi connectivity index (χ1v) is 6.26. The monoisotopic (exact) mass is 249 g/mol. The first-order chi connectivity index (χ1) is 8.60. The summed E-state index contributed by atoms with van der Waals surface area (Å²) >= 11 is 0. The summed E-state index contributed by atoms with van der Waals surface area (Å²) in [5.41, 5.74) is 7.97. The summed E-state index contributed by atoms with van der Waals surface area (Å²) in [6, 6.07) is 3.96. The van der Waals surface area contributed by atoms with E-state index >= 15 is 0 Å². The van der Waals surface area contributed by atoms with E-state index < -0.39 is 0 Å². The fourth-order valence-corrected chi connectivity index (χ4v) is 1.76. The number of anilines is 1. The first-order valence-electron chi connectivity index (χ1n) is 6.26. The Kier molecular flexibility index (Phi) is 5.42. The molecular formula is C13H23N5. The molecular weight excluding hydrogens is 226 g/mol. The molecule has 2 N–H and O–H groups in total. The second kappa shape index (κ2) is 6.83. The van der Waals surface area contributed by atoms with Crippen molar-refractivity contribution in [3.8, 4) is 0 Å². The molecule has 0 radical (unpaired) electrons. The van der Waals surface area contributed by atoms with E-state index in [0.717, 1.165) is 24.5 Å². The Bertz CT molecular complexity index is 396. The van der Waals surface area contributed by atoms with Crippen LogP contribution in [-0.4, -0.2) is 43.0 Å². The molecule has 1 heterocycles. The van der Waals surface area contributed by atoms with Crippen molar-refractivity contribution in [2.45, 2.75) is 20.4 Å². The van der Waals surface area contributed by atoms with Crippen LogP contribution in [0.2, 0.25) is 0 Å². The van der Waals surface area contributed by atoms with Gasteiger partial charge in [0.15, 0.2) is 5.96 Å². The predicted molar refractivity (Wildman–Crippen MR) is 76.8 cm³/mol. The summed E-state index contributed by atoms with van der Waals surface area (Å²) in [7, 11) is 4.00. The fraction of sp³-hybridized carbons (Fsp3) is 0.538. The van der Waals surface area contributed by atoms with Gasteiger partial charge in [-0.3, -0.25) is 4.98 Å². The molecule has 0 aromatic carbocycles. The Morgan fingerprint density at radius 3 is 2.56 bits per heavy atom. The molecule has 0 spiro atoms. The average molecular weight is 249 g/mol. The third kappa shape index (κ3) is 3.61. The highest BCUT2D eigenvalue weighted by atomic mass is 15.2. The zero-order valence-corrected chi connectivity index (χ0v) is 11.7. The van der Waals surface area contributed by atoms with Crippen molar-refractivity contribution in [3.05, 3.63) is 24.0 Å². The van der Waals surface area contributed by atoms with E-state index in [1.54, 1.807) is 6.20 Å². The van der Waals surface area contributed by atoms with E-state index in [4.69, 9.17) is 5.73 Å². The lowest BCUT2D eigenvalue weighted by Crippen LogP contribution is -2.37. The number of pyridine rings is 1. The highest BCUT2D eigenvalue weighted by Crippen LogP contribution is 2.15. The fourth-order valence-electron chi connectivity index (χ4n) is 1.76. The summed E-state index contributed by atoms with van der Waals surface area (Å²) in [4.78, 5) is 12.8. The van der Waals surface area contributed by atoms with Gasteiger partial charge in [0.25, 0.3) is 0 Å². The predicted octanol–water partition coefficient (Wildman–Crippen LogP) is 1.30. The van der Waals surface area contributed by atoms with Crippen LogP contribution in [0, 0.1) is 0 Å². The molecule has 18 heavy (non-hydrogen) atoms. The van der Waals surface area contributed by atoms with Crippen molar-refractivity contribution >= 4 is 11.6 Å². The first kappa shape index (κ1) is 14.3. The molecule has 0 saturated carbocycles. The van der Waals surface area contributed by atoms with Gasteiger partial charge in [-0.1, -0.05) is 0 Å². The number of aromatic nitrogens is 1. The summed E-state index contributed by atoms with van der Waals surface area (Å²) in [5, 5.41) is 0. The van der Waals surface area contributed by atoms with E-state index in [0.29, 0.717) is 12.5 Å². The second-order valence-electron chi connectivity index (χ2n) is 4.21. The molecule has 0 aliphatic heterocycles. The molecule has 100 valence electrons. The maximum atomic E-state index is 5.95. The maximum absolute atomic E-state index is 5.95. The van der Waals surface area contributed by atoms with E-state index in [1.807, 2.05) is 36.0 Å². The normalized spacial score (nSPS) is 11.4. The topological polar surface area (TPSA) is 57.8 Å². The molecule has 0 saturated heterocycles. The lowest BCUT2D eigenvalue weighted by atomic mass is 10.3. The minimum Gasteiger partial charge on any atom is -0.376 e. The third-order valence-electron chi connectivity index (χ3n) is 2.83. The number of rotatable bonds is 5. The van der Waals surface area contributed by atoms with Gasteiger partial charge in [0.1, 0.15) is 0 Å². The van der Waals surface area contributed by atoms with Crippen molar-refractivity contribution < 1.29 is 0 Å². The van der Waals surface area contributed by atoms with Crippen molar-refractivity contribution in [2.75, 3.05) is 32.1 Å². The summed E-state index contributed by atoms with van der Waals surface area (Å²) in [5.74, 6) is 0.579. The van der Waals surface area contributed by atoms with Crippen molar-refractivity contribution in [2.24, 2.45) is 10.7 Å². The van der Waals surface area contributed by atoms with Crippen LogP contribution in [0.15, 0.2) is 23.3 Å². The smallest absolute Gasteiger partial charge is 0.191 e. The van der Waals surface area contributed by atoms with Crippen LogP contribution in [0.5, 0.6) is 0 Å². The van der Waals surface area contributed by atoms with Gasteiger partial charge >= 0.3 is 0 Å². The number of hydrogen-bond acceptors (Lipinski definition) is 3. The minimum atomic E-state index is 0.511. The Morgan fingerprint density at radius 2 is 2.00 bits per heavy atom. The zero-order valence-electron chi connectivity index (χ0n) is 11.7. The van der Waals surface area contributed by atoms with E-state index in [9.17, 15) is 0 Å². The highest BCUT2D eigenvalue weighted by Gasteiger charge is 2.06. The van der Waals surface area contributed by atoms with Gasteiger partial charge in [0.2, 0.25) is 0 Å². The number of aliphatic imine (C=N–C) groups is 1. The lowest BCUT2D eigenvalue weighted by Gasteiger charge is -2.20. The maximum Gasteiger partial charge on any atom is 0.191 e. The van der Waals surface area contributed by atoms with Crippen LogP contribution in [0.3, 0.4) is 0 Å². The molecule has 5 heteroatoms. The molecule has 5 nitrogen and oxygen atoms in total. The summed E-state index contributed by atoms with van der Waals surface area (Å²) in [6.45, 7) is 6.38. The molecule has 1 aromatic rings. The van der Waals surface area contributed by atoms with Crippen LogP contribution < -0.4 is 10.6 Å². The van der Waals surface area contributed by atoms with Crippen LogP contribution in [-0.2, 0) is 6.54 Å². The standard InChI is InChI=1S/C13H23N5/c1-5-18(6-2)13(14)16-10-11-12(17(3)4)8-7-9-15-11/h7-9H,5-6,10H2,1-4H3,(H2,14,16). The molecule has 0 unspecified atom stereocenters. The highest BCUT2D eigenvalue weighted by molar-refractivity contribution is 5.78. The van der Waals surface area contributed by atoms with E-state index in [2.05, 4.69) is 23.8 Å². The molecule has 0 aliphatic rings. The summed E-state index contributed by atoms with van der Waals surface area (Å²) in [6.07, 6.45) is 1.78. The quantitative estimate of drug-likeness (QED) is 0.631. The van der Waals surface area contributed by atoms with Crippen LogP contribution in [0.25, 0.3) is 0 Å². The number of nitrogens with two attached hydrogens (primary N) is 1. The van der Waals surface area contributed by atoms with Crippen molar-refractivity contribution in [1.82, 2.24) is 9.88 Å². The number of guanidine groups is 1. The molecule has 0 aliphatic carbocycles. The number of nitrogens with zero attached hydrogens (tertiary/aromatic N) is 4. The van der Waals surface area contributed by atoms with Gasteiger partial charge in [-0.2, -0.15) is 0 Å². The van der Waals surface area contributed by atoms with Gasteiger partial charge in [0, 0.05) is 33.4 Å². The summed E-state index contributed by atoms with van der Waals surface area (Å²) < 4.78 is 0. The zero-order chi connectivity index (χ0) is 13.5. The largest absolute Gasteiger partial charge is 0.376 e. The van der Waals surface area contributed by atoms with Gasteiger partial charge in [-0.05, 0) is 26.0 Å². The molecule has 0 atom stereocenters. The minimum absolute atomic E-state index is 0.511. The number of hydrogen-bond donors (Lipinski definition) is 1. The van der Waals surface area contributed by atoms with Crippen LogP contribution in [0.1, 0.15) is 19.5 Å². The molecule has 1 rings (SSSR count). The molecule has 0 bridgehead atoms. The Hall–Kier alpha value is -1.78. The Morgan fingerprint density at radius 1 is 1.33 bits per heavy atom. The Balaban J connectivity index is 2.82. The Labute approximate surface area is 109 Å². The average Bonchev–Trinajstić information content (AvgIpc) is 2.38. The third-order valence-corrected chi connectivity index (χ3v) is 2.83. The van der Waals surface area contributed by atoms with E-state index in [-0.39, 0.29) is 0 Å².